The van der Waals surface area contributed by atoms with E-state index in [9.17, 15) is 29.1 Å². The summed E-state index contributed by atoms with van der Waals surface area (Å²) in [6.07, 6.45) is -0.898. The van der Waals surface area contributed by atoms with Crippen molar-refractivity contribution in [1.29, 1.82) is 0 Å². The summed E-state index contributed by atoms with van der Waals surface area (Å²) in [6.45, 7) is 8.46. The molecular formula is C25H32N2O9. The zero-order valence-electron chi connectivity index (χ0n) is 21.0. The van der Waals surface area contributed by atoms with Gasteiger partial charge < -0.3 is 30.0 Å². The van der Waals surface area contributed by atoms with Gasteiger partial charge in [-0.25, -0.2) is 14.4 Å². The Balaban J connectivity index is 1.93. The normalized spacial score (nSPS) is 26.2. The van der Waals surface area contributed by atoms with Crippen LogP contribution in [-0.4, -0.2) is 65.4 Å². The van der Waals surface area contributed by atoms with Crippen molar-refractivity contribution in [2.24, 2.45) is 17.8 Å². The summed E-state index contributed by atoms with van der Waals surface area (Å²) >= 11 is 0. The van der Waals surface area contributed by atoms with Crippen LogP contribution in [0.1, 0.15) is 61.8 Å². The monoisotopic (exact) mass is 504 g/mol. The van der Waals surface area contributed by atoms with E-state index >= 15 is 0 Å². The van der Waals surface area contributed by atoms with Crippen LogP contribution in [0.4, 0.5) is 4.79 Å². The van der Waals surface area contributed by atoms with E-state index in [1.807, 2.05) is 0 Å². The molecule has 2 fully saturated rings. The van der Waals surface area contributed by atoms with Crippen LogP contribution in [0, 0.1) is 17.8 Å². The molecule has 5 atom stereocenters. The topological polar surface area (TPSA) is 157 Å². The Morgan fingerprint density at radius 3 is 2.28 bits per heavy atom. The van der Waals surface area contributed by atoms with Crippen molar-refractivity contribution in [2.75, 3.05) is 13.2 Å². The number of aromatic carboxylic acids is 1. The maximum atomic E-state index is 13.2. The number of carbonyl (C=O) groups is 5. The second kappa shape index (κ2) is 10.2. The Morgan fingerprint density at radius 1 is 1.06 bits per heavy atom. The fourth-order valence-electron chi connectivity index (χ4n) is 4.97. The van der Waals surface area contributed by atoms with Crippen LogP contribution >= 0.6 is 0 Å². The summed E-state index contributed by atoms with van der Waals surface area (Å²) in [4.78, 5) is 63.0. The molecule has 5 unspecified atom stereocenters. The molecule has 0 saturated heterocycles. The van der Waals surface area contributed by atoms with Gasteiger partial charge in [-0.2, -0.15) is 0 Å². The van der Waals surface area contributed by atoms with Crippen molar-refractivity contribution in [2.45, 2.75) is 58.2 Å². The molecule has 196 valence electrons. The number of carboxylic acid groups (broad SMARTS) is 1. The third-order valence-electron chi connectivity index (χ3n) is 6.26. The molecule has 3 rings (SSSR count). The molecule has 0 radical (unpaired) electrons. The molecule has 2 saturated carbocycles. The van der Waals surface area contributed by atoms with Gasteiger partial charge in [-0.05, 0) is 58.7 Å². The highest BCUT2D eigenvalue weighted by molar-refractivity contribution is 5.98. The van der Waals surface area contributed by atoms with Gasteiger partial charge in [0.15, 0.2) is 0 Å². The van der Waals surface area contributed by atoms with Crippen LogP contribution < -0.4 is 10.6 Å². The molecule has 36 heavy (non-hydrogen) atoms. The van der Waals surface area contributed by atoms with Crippen LogP contribution in [0.2, 0.25) is 0 Å². The molecule has 11 heteroatoms. The maximum Gasteiger partial charge on any atom is 0.408 e. The minimum atomic E-state index is -1.62. The highest BCUT2D eigenvalue weighted by Gasteiger charge is 2.76. The Labute approximate surface area is 208 Å². The van der Waals surface area contributed by atoms with Crippen molar-refractivity contribution >= 4 is 29.9 Å². The molecule has 0 spiro atoms. The third kappa shape index (κ3) is 5.44. The van der Waals surface area contributed by atoms with E-state index in [1.54, 1.807) is 34.6 Å². The fraction of sp³-hybridized carbons (Fsp3) is 0.560. The third-order valence-corrected chi connectivity index (χ3v) is 6.26. The molecule has 11 nitrogen and oxygen atoms in total. The smallest absolute Gasteiger partial charge is 0.408 e. The molecule has 2 aliphatic carbocycles. The van der Waals surface area contributed by atoms with Gasteiger partial charge in [-0.1, -0.05) is 6.07 Å². The van der Waals surface area contributed by atoms with E-state index in [4.69, 9.17) is 14.2 Å². The highest BCUT2D eigenvalue weighted by Crippen LogP contribution is 2.63. The second-order valence-corrected chi connectivity index (χ2v) is 9.87. The zero-order chi connectivity index (χ0) is 26.8. The average Bonchev–Trinajstić information content (AvgIpc) is 3.46. The molecule has 1 aromatic carbocycles. The number of amides is 2. The first-order chi connectivity index (χ1) is 16.8. The number of ether oxygens (including phenoxy) is 3. The number of esters is 2. The summed E-state index contributed by atoms with van der Waals surface area (Å²) in [7, 11) is 0. The SMILES string of the molecule is CCOC(=O)C1C2C(NC(=O)c3cccc(C(=O)O)c3)CC(NC(=O)OC(C)(C)C)(C(=O)OCC)C12. The standard InChI is InChI=1S/C25H32N2O9/c1-6-34-21(31)17-16-15(26-19(28)13-9-8-10-14(11-13)20(29)30)12-25(18(16)17,22(32)35-7-2)27-23(33)36-24(3,4)5/h8-11,15-18H,6-7,12H2,1-5H3,(H,26,28)(H,27,33)(H,29,30). The van der Waals surface area contributed by atoms with Gasteiger partial charge in [-0.3, -0.25) is 9.59 Å². The summed E-state index contributed by atoms with van der Waals surface area (Å²) in [6, 6.07) is 4.80. The van der Waals surface area contributed by atoms with Crippen LogP contribution in [0.3, 0.4) is 0 Å². The number of rotatable bonds is 8. The van der Waals surface area contributed by atoms with Gasteiger partial charge in [0.25, 0.3) is 5.91 Å². The molecule has 1 aromatic rings. The lowest BCUT2D eigenvalue weighted by molar-refractivity contribution is -0.153. The van der Waals surface area contributed by atoms with Gasteiger partial charge in [0.1, 0.15) is 11.1 Å². The summed E-state index contributed by atoms with van der Waals surface area (Å²) in [5.74, 6) is -4.98. The van der Waals surface area contributed by atoms with Gasteiger partial charge in [0.05, 0.1) is 24.7 Å². The van der Waals surface area contributed by atoms with E-state index in [2.05, 4.69) is 10.6 Å². The van der Waals surface area contributed by atoms with Crippen LogP contribution in [0.5, 0.6) is 0 Å². The highest BCUT2D eigenvalue weighted by atomic mass is 16.6. The Kier molecular flexibility index (Phi) is 7.61. The van der Waals surface area contributed by atoms with E-state index in [0.717, 1.165) is 0 Å². The minimum Gasteiger partial charge on any atom is -0.478 e. The van der Waals surface area contributed by atoms with E-state index in [-0.39, 0.29) is 30.8 Å². The summed E-state index contributed by atoms with van der Waals surface area (Å²) < 4.78 is 15.8. The molecule has 2 amide bonds. The zero-order valence-corrected chi connectivity index (χ0v) is 21.0. The number of benzene rings is 1. The summed E-state index contributed by atoms with van der Waals surface area (Å²) in [5.41, 5.74) is -2.42. The van der Waals surface area contributed by atoms with E-state index in [0.29, 0.717) is 0 Å². The first kappa shape index (κ1) is 27.0. The lowest BCUT2D eigenvalue weighted by Gasteiger charge is -2.33. The molecular weight excluding hydrogens is 472 g/mol. The van der Waals surface area contributed by atoms with E-state index < -0.39 is 64.8 Å². The van der Waals surface area contributed by atoms with Crippen molar-refractivity contribution in [3.63, 3.8) is 0 Å². The Hall–Kier alpha value is -3.63. The molecule has 0 aliphatic heterocycles. The number of hydrogen-bond acceptors (Lipinski definition) is 8. The van der Waals surface area contributed by atoms with Gasteiger partial charge in [0, 0.05) is 23.9 Å². The quantitative estimate of drug-likeness (QED) is 0.356. The molecule has 0 aromatic heterocycles. The Bertz CT molecular complexity index is 1060. The van der Waals surface area contributed by atoms with E-state index in [1.165, 1.54) is 24.3 Å². The predicted molar refractivity (Wildman–Crippen MR) is 125 cm³/mol. The number of nitrogens with one attached hydrogen (secondary N) is 2. The number of alkyl carbamates (subject to hydrolysis) is 1. The number of hydrogen-bond donors (Lipinski definition) is 3. The summed E-state index contributed by atoms with van der Waals surface area (Å²) in [5, 5.41) is 14.7. The van der Waals surface area contributed by atoms with Crippen molar-refractivity contribution in [3.8, 4) is 0 Å². The van der Waals surface area contributed by atoms with Gasteiger partial charge in [0.2, 0.25) is 0 Å². The van der Waals surface area contributed by atoms with Gasteiger partial charge in [-0.15, -0.1) is 0 Å². The molecule has 0 heterocycles. The predicted octanol–water partition coefficient (Wildman–Crippen LogP) is 2.14. The maximum absolute atomic E-state index is 13.2. The lowest BCUT2D eigenvalue weighted by atomic mass is 9.88. The minimum absolute atomic E-state index is 0.0387. The number of carbonyl (C=O) groups excluding carboxylic acids is 4. The lowest BCUT2D eigenvalue weighted by Crippen LogP contribution is -2.59. The molecule has 0 bridgehead atoms. The van der Waals surface area contributed by atoms with Crippen LogP contribution in [0.15, 0.2) is 24.3 Å². The van der Waals surface area contributed by atoms with Gasteiger partial charge >= 0.3 is 24.0 Å². The molecule has 3 N–H and O–H groups in total. The largest absolute Gasteiger partial charge is 0.478 e. The second-order valence-electron chi connectivity index (χ2n) is 9.87. The Morgan fingerprint density at radius 2 is 1.69 bits per heavy atom. The van der Waals surface area contributed by atoms with Crippen molar-refractivity contribution < 1.29 is 43.3 Å². The average molecular weight is 505 g/mol. The number of fused-ring (bicyclic) bond motifs is 1. The van der Waals surface area contributed by atoms with Crippen molar-refractivity contribution in [3.05, 3.63) is 35.4 Å². The number of carboxylic acids is 1. The van der Waals surface area contributed by atoms with Crippen LogP contribution in [0.25, 0.3) is 0 Å². The first-order valence-electron chi connectivity index (χ1n) is 11.8. The fourth-order valence-corrected chi connectivity index (χ4v) is 4.97. The first-order valence-corrected chi connectivity index (χ1v) is 11.8. The molecule has 2 aliphatic rings. The van der Waals surface area contributed by atoms with Crippen LogP contribution in [-0.2, 0) is 23.8 Å². The van der Waals surface area contributed by atoms with Crippen molar-refractivity contribution in [1.82, 2.24) is 10.6 Å².